The van der Waals surface area contributed by atoms with Gasteiger partial charge in [-0.25, -0.2) is 0 Å². The Bertz CT molecular complexity index is 402. The molecular formula is C18H32Cl2N4Pd2. The van der Waals surface area contributed by atoms with Crippen LogP contribution in [0.15, 0.2) is 0 Å². The molecule has 0 unspecified atom stereocenters. The molecular weight excluding hydrogens is 556 g/mol. The second kappa shape index (κ2) is 16.9. The molecule has 0 aliphatic heterocycles. The van der Waals surface area contributed by atoms with Crippen molar-refractivity contribution in [2.75, 3.05) is 56.4 Å². The summed E-state index contributed by atoms with van der Waals surface area (Å²) in [5, 5.41) is 0. The Morgan fingerprint density at radius 2 is 0.654 bits per heavy atom. The number of hydrogen-bond donors (Lipinski definition) is 0. The van der Waals surface area contributed by atoms with Crippen molar-refractivity contribution in [2.24, 2.45) is 0 Å². The third-order valence-corrected chi connectivity index (χ3v) is 3.23. The van der Waals surface area contributed by atoms with Crippen molar-refractivity contribution >= 4 is 19.1 Å². The average Bonchev–Trinajstić information content (AvgIpc) is 2.53. The minimum atomic E-state index is 0.905. The minimum absolute atomic E-state index is 0.905. The van der Waals surface area contributed by atoms with E-state index < -0.39 is 0 Å². The van der Waals surface area contributed by atoms with Gasteiger partial charge in [-0.3, -0.25) is 22.3 Å². The van der Waals surface area contributed by atoms with Crippen LogP contribution in [0.1, 0.15) is 22.3 Å². The van der Waals surface area contributed by atoms with Crippen molar-refractivity contribution in [3.8, 4) is 0 Å². The molecule has 0 aromatic heterocycles. The third-order valence-electron chi connectivity index (χ3n) is 3.23. The molecule has 1 aromatic rings. The summed E-state index contributed by atoms with van der Waals surface area (Å²) in [4.78, 5) is 8.79. The topological polar surface area (TPSA) is 13.0 Å². The zero-order valence-electron chi connectivity index (χ0n) is 17.0. The van der Waals surface area contributed by atoms with Crippen LogP contribution in [0.2, 0.25) is 0 Å². The zero-order valence-corrected chi connectivity index (χ0v) is 21.6. The van der Waals surface area contributed by atoms with Crippen molar-refractivity contribution in [1.82, 2.24) is 19.6 Å². The van der Waals surface area contributed by atoms with Gasteiger partial charge >= 0.3 is 55.4 Å². The molecule has 0 heterocycles. The predicted molar refractivity (Wildman–Crippen MR) is 105 cm³/mol. The standard InChI is InChI=1S/C18H32N4.2ClH.2Pd/c1-19(2)11-15-9-17(13-21(5)6)18(14-22(7)8)10-16(15)12-20(3)4;;;;/h11-14H2,1-8H3;2*1H;;/q-2;;;2*+2/p-2. The molecule has 0 saturated heterocycles. The van der Waals surface area contributed by atoms with Crippen LogP contribution < -0.4 is 0 Å². The Morgan fingerprint density at radius 3 is 0.769 bits per heavy atom. The Hall–Kier alpha value is 0.965. The van der Waals surface area contributed by atoms with Gasteiger partial charge in [0.2, 0.25) is 0 Å². The van der Waals surface area contributed by atoms with E-state index in [9.17, 15) is 0 Å². The summed E-state index contributed by atoms with van der Waals surface area (Å²) in [5.41, 5.74) is 5.05. The molecule has 26 heavy (non-hydrogen) atoms. The normalized spacial score (nSPS) is 10.8. The molecule has 4 nitrogen and oxygen atoms in total. The Balaban J connectivity index is 0. The maximum absolute atomic E-state index is 4.49. The Labute approximate surface area is 190 Å². The molecule has 0 radical (unpaired) electrons. The van der Waals surface area contributed by atoms with Crippen molar-refractivity contribution in [3.05, 3.63) is 34.4 Å². The summed E-state index contributed by atoms with van der Waals surface area (Å²) in [6.45, 7) is 3.62. The van der Waals surface area contributed by atoms with Crippen molar-refractivity contribution < 1.29 is 36.4 Å². The molecule has 0 spiro atoms. The van der Waals surface area contributed by atoms with Crippen LogP contribution in [0.5, 0.6) is 0 Å². The Kier molecular flexibility index (Phi) is 18.9. The molecule has 158 valence electrons. The molecule has 8 heteroatoms. The second-order valence-electron chi connectivity index (χ2n) is 7.12. The van der Waals surface area contributed by atoms with Gasteiger partial charge in [0.05, 0.1) is 0 Å². The second-order valence-corrected chi connectivity index (χ2v) is 7.12. The van der Waals surface area contributed by atoms with Crippen LogP contribution in [0.4, 0.5) is 0 Å². The van der Waals surface area contributed by atoms with Crippen LogP contribution in [0.25, 0.3) is 0 Å². The summed E-state index contributed by atoms with van der Waals surface area (Å²) in [5.74, 6) is 0. The van der Waals surface area contributed by atoms with Gasteiger partial charge in [0.1, 0.15) is 0 Å². The van der Waals surface area contributed by atoms with Gasteiger partial charge in [0, 0.05) is 0 Å². The summed E-state index contributed by atoms with van der Waals surface area (Å²) >= 11 is 4.44. The van der Waals surface area contributed by atoms with Gasteiger partial charge in [-0.2, -0.15) is 0 Å². The van der Waals surface area contributed by atoms with E-state index >= 15 is 0 Å². The fourth-order valence-corrected chi connectivity index (χ4v) is 2.47. The third kappa shape index (κ3) is 13.2. The quantitative estimate of drug-likeness (QED) is 0.343. The summed E-state index contributed by atoms with van der Waals surface area (Å²) < 4.78 is 0. The zero-order chi connectivity index (χ0) is 20.9. The number of benzene rings is 1. The molecule has 0 atom stereocenters. The maximum atomic E-state index is 4.49. The van der Waals surface area contributed by atoms with E-state index in [0.29, 0.717) is 0 Å². The van der Waals surface area contributed by atoms with Gasteiger partial charge < -0.3 is 31.7 Å². The summed E-state index contributed by atoms with van der Waals surface area (Å²) in [6, 6.07) is 7.37. The molecule has 0 amide bonds. The van der Waals surface area contributed by atoms with Gasteiger partial charge in [-0.15, -0.1) is 0 Å². The number of rotatable bonds is 8. The molecule has 0 saturated carbocycles. The van der Waals surface area contributed by atoms with E-state index in [1.165, 1.54) is 22.3 Å². The average molecular weight is 588 g/mol. The van der Waals surface area contributed by atoms with Crippen LogP contribution in [-0.4, -0.2) is 76.0 Å². The fourth-order valence-electron chi connectivity index (χ4n) is 2.47. The van der Waals surface area contributed by atoms with Crippen LogP contribution >= 0.6 is 19.1 Å². The van der Waals surface area contributed by atoms with E-state index in [-0.39, 0.29) is 0 Å². The number of halogens is 2. The molecule has 1 rings (SSSR count). The van der Waals surface area contributed by atoms with E-state index in [4.69, 9.17) is 0 Å². The first-order valence-electron chi connectivity index (χ1n) is 8.00. The monoisotopic (exact) mass is 586 g/mol. The van der Waals surface area contributed by atoms with Crippen molar-refractivity contribution in [1.29, 1.82) is 0 Å². The Morgan fingerprint density at radius 1 is 0.500 bits per heavy atom. The van der Waals surface area contributed by atoms with Crippen molar-refractivity contribution in [2.45, 2.75) is 26.2 Å². The first-order chi connectivity index (χ1) is 12.2. The van der Waals surface area contributed by atoms with Gasteiger partial charge in [0.25, 0.3) is 0 Å². The van der Waals surface area contributed by atoms with Crippen LogP contribution in [-0.2, 0) is 62.5 Å². The molecule has 0 N–H and O–H groups in total. The first-order valence-corrected chi connectivity index (χ1v) is 12.0. The predicted octanol–water partition coefficient (Wildman–Crippen LogP) is 2.91. The van der Waals surface area contributed by atoms with E-state index in [1.807, 2.05) is 0 Å². The molecule has 0 bridgehead atoms. The molecule has 0 aliphatic carbocycles. The van der Waals surface area contributed by atoms with E-state index in [0.717, 1.165) is 26.2 Å². The first kappa shape index (κ1) is 29.2. The van der Waals surface area contributed by atoms with E-state index in [1.54, 1.807) is 0 Å². The molecule has 0 fully saturated rings. The van der Waals surface area contributed by atoms with E-state index in [2.05, 4.69) is 144 Å². The number of nitrogens with zero attached hydrogens (tertiary/aromatic N) is 4. The van der Waals surface area contributed by atoms with Gasteiger partial charge in [-0.05, 0) is 82.6 Å². The SMILES string of the molecule is CN(C)Cc1[c-]c(CN(C)C)c(CN(C)C)[c-]c1CN(C)C.[Cl][Pd+].[Cl][Pd+]. The molecule has 0 aliphatic rings. The number of hydrogen-bond acceptors (Lipinski definition) is 4. The van der Waals surface area contributed by atoms with Gasteiger partial charge in [0.15, 0.2) is 0 Å². The van der Waals surface area contributed by atoms with Gasteiger partial charge in [-0.1, -0.05) is 0 Å². The summed E-state index contributed by atoms with van der Waals surface area (Å²) in [6.07, 6.45) is 0. The molecule has 1 aromatic carbocycles. The fraction of sp³-hybridized carbons (Fsp3) is 0.667. The van der Waals surface area contributed by atoms with Crippen LogP contribution in [0.3, 0.4) is 0 Å². The summed E-state index contributed by atoms with van der Waals surface area (Å²) in [7, 11) is 25.8. The van der Waals surface area contributed by atoms with Crippen LogP contribution in [0, 0.1) is 12.1 Å². The van der Waals surface area contributed by atoms with Crippen molar-refractivity contribution in [3.63, 3.8) is 0 Å².